The Balaban J connectivity index is 4.88. The molecule has 0 aromatic heterocycles. The molecule has 0 aliphatic carbocycles. The van der Waals surface area contributed by atoms with Crippen LogP contribution in [-0.2, 0) is 19.6 Å². The third kappa shape index (κ3) is 5.69. The summed E-state index contributed by atoms with van der Waals surface area (Å²) in [4.78, 5) is 38.1. The van der Waals surface area contributed by atoms with Gasteiger partial charge in [0.25, 0.3) is 5.79 Å². The zero-order valence-electron chi connectivity index (χ0n) is 10.7. The number of rotatable bonds is 7. The van der Waals surface area contributed by atoms with E-state index in [2.05, 4.69) is 9.78 Å². The molecule has 0 bridgehead atoms. The summed E-state index contributed by atoms with van der Waals surface area (Å²) in [7, 11) is 0. The maximum atomic E-state index is 10.3. The molecule has 8 heteroatoms. The quantitative estimate of drug-likeness (QED) is 0.411. The molecule has 0 spiro atoms. The van der Waals surface area contributed by atoms with Gasteiger partial charge in [0.1, 0.15) is 0 Å². The normalized spacial score (nSPS) is 11.7. The summed E-state index contributed by atoms with van der Waals surface area (Å²) in [6.45, 7) is 6.95. The Morgan fingerprint density at radius 2 is 1.39 bits per heavy atom. The fourth-order valence-corrected chi connectivity index (χ4v) is 1.29. The van der Waals surface area contributed by atoms with Crippen molar-refractivity contribution < 1.29 is 39.4 Å². The van der Waals surface area contributed by atoms with Crippen LogP contribution in [0.25, 0.3) is 0 Å². The highest BCUT2D eigenvalue weighted by molar-refractivity contribution is 5.56. The summed E-state index contributed by atoms with van der Waals surface area (Å²) in [5, 5.41) is 16.8. The molecule has 0 fully saturated rings. The van der Waals surface area contributed by atoms with Crippen LogP contribution in [0.3, 0.4) is 0 Å². The first-order chi connectivity index (χ1) is 8.19. The van der Waals surface area contributed by atoms with Crippen molar-refractivity contribution in [3.05, 3.63) is 0 Å². The van der Waals surface area contributed by atoms with Crippen LogP contribution in [0.15, 0.2) is 0 Å². The highest BCUT2D eigenvalue weighted by Crippen LogP contribution is 2.31. The van der Waals surface area contributed by atoms with Crippen molar-refractivity contribution in [1.29, 1.82) is 0 Å². The molecular weight excluding hydrogens is 248 g/mol. The van der Waals surface area contributed by atoms with Crippen LogP contribution in [0.5, 0.6) is 0 Å². The Hall–Kier alpha value is -1.54. The van der Waals surface area contributed by atoms with E-state index in [0.29, 0.717) is 0 Å². The molecule has 0 radical (unpaired) electrons. The van der Waals surface area contributed by atoms with Gasteiger partial charge in [0.2, 0.25) is 0 Å². The van der Waals surface area contributed by atoms with Gasteiger partial charge in [0.15, 0.2) is 0 Å². The minimum absolute atomic E-state index is 0.0298. The van der Waals surface area contributed by atoms with Gasteiger partial charge in [-0.2, -0.15) is 0 Å². The van der Waals surface area contributed by atoms with Gasteiger partial charge in [-0.3, -0.25) is 9.78 Å². The molecule has 0 heterocycles. The van der Waals surface area contributed by atoms with Crippen molar-refractivity contribution in [1.82, 2.24) is 0 Å². The van der Waals surface area contributed by atoms with Crippen LogP contribution >= 0.6 is 0 Å². The van der Waals surface area contributed by atoms with Gasteiger partial charge in [-0.1, -0.05) is 27.7 Å². The molecule has 0 aromatic rings. The minimum atomic E-state index is -1.66. The van der Waals surface area contributed by atoms with Crippen LogP contribution in [0.1, 0.15) is 34.1 Å². The van der Waals surface area contributed by atoms with Gasteiger partial charge >= 0.3 is 12.3 Å². The predicted molar refractivity (Wildman–Crippen MR) is 57.4 cm³/mol. The summed E-state index contributed by atoms with van der Waals surface area (Å²) in [6, 6.07) is 0. The average molecular weight is 266 g/mol. The van der Waals surface area contributed by atoms with E-state index in [4.69, 9.17) is 20.0 Å². The lowest BCUT2D eigenvalue weighted by Crippen LogP contribution is -2.43. The maximum Gasteiger partial charge on any atom is 0.538 e. The van der Waals surface area contributed by atoms with Crippen LogP contribution in [0, 0.1) is 11.8 Å². The fraction of sp³-hybridized carbons (Fsp3) is 0.800. The van der Waals surface area contributed by atoms with Crippen LogP contribution < -0.4 is 0 Å². The first kappa shape index (κ1) is 16.5. The van der Waals surface area contributed by atoms with E-state index in [1.807, 2.05) is 13.8 Å². The monoisotopic (exact) mass is 266 g/mol. The van der Waals surface area contributed by atoms with Crippen LogP contribution in [-0.4, -0.2) is 28.3 Å². The predicted octanol–water partition coefficient (Wildman–Crippen LogP) is 2.64. The van der Waals surface area contributed by atoms with E-state index < -0.39 is 24.0 Å². The lowest BCUT2D eigenvalue weighted by molar-refractivity contribution is -0.495. The summed E-state index contributed by atoms with van der Waals surface area (Å²) in [5.41, 5.74) is 0. The number of hydrogen-bond donors (Lipinski definition) is 2. The lowest BCUT2D eigenvalue weighted by Gasteiger charge is -2.32. The second kappa shape index (κ2) is 7.02. The summed E-state index contributed by atoms with van der Waals surface area (Å²) >= 11 is 0. The van der Waals surface area contributed by atoms with Gasteiger partial charge < -0.3 is 10.2 Å². The first-order valence-corrected chi connectivity index (χ1v) is 5.37. The zero-order chi connectivity index (χ0) is 14.3. The van der Waals surface area contributed by atoms with E-state index in [0.717, 1.165) is 0 Å². The van der Waals surface area contributed by atoms with E-state index in [1.54, 1.807) is 13.8 Å². The Morgan fingerprint density at radius 1 is 1.00 bits per heavy atom. The van der Waals surface area contributed by atoms with E-state index in [-0.39, 0.29) is 12.3 Å². The SMILES string of the molecule is CC(C)CC(OOC(=O)O)(OOC(=O)O)C(C)C. The van der Waals surface area contributed by atoms with E-state index >= 15 is 0 Å². The molecule has 2 N–H and O–H groups in total. The van der Waals surface area contributed by atoms with Gasteiger partial charge in [0, 0.05) is 12.3 Å². The third-order valence-corrected chi connectivity index (χ3v) is 2.08. The second-order valence-electron chi connectivity index (χ2n) is 4.43. The largest absolute Gasteiger partial charge is 0.538 e. The van der Waals surface area contributed by atoms with Crippen molar-refractivity contribution in [2.45, 2.75) is 39.9 Å². The highest BCUT2D eigenvalue weighted by atomic mass is 17.3. The second-order valence-corrected chi connectivity index (χ2v) is 4.43. The molecule has 0 amide bonds. The van der Waals surface area contributed by atoms with Crippen LogP contribution in [0.2, 0.25) is 0 Å². The van der Waals surface area contributed by atoms with E-state index in [1.165, 1.54) is 0 Å². The van der Waals surface area contributed by atoms with E-state index in [9.17, 15) is 9.59 Å². The van der Waals surface area contributed by atoms with Crippen molar-refractivity contribution in [3.8, 4) is 0 Å². The number of carboxylic acid groups (broad SMARTS) is 2. The summed E-state index contributed by atoms with van der Waals surface area (Å²) in [6.07, 6.45) is -3.14. The minimum Gasteiger partial charge on any atom is -0.448 e. The Morgan fingerprint density at radius 3 is 1.61 bits per heavy atom. The lowest BCUT2D eigenvalue weighted by atomic mass is 9.93. The molecule has 8 nitrogen and oxygen atoms in total. The fourth-order valence-electron chi connectivity index (χ4n) is 1.29. The number of hydrogen-bond acceptors (Lipinski definition) is 6. The molecule has 0 aliphatic rings. The van der Waals surface area contributed by atoms with Crippen molar-refractivity contribution in [3.63, 3.8) is 0 Å². The maximum absolute atomic E-state index is 10.3. The molecule has 0 atom stereocenters. The molecule has 0 unspecified atom stereocenters. The first-order valence-electron chi connectivity index (χ1n) is 5.37. The smallest absolute Gasteiger partial charge is 0.448 e. The topological polar surface area (TPSA) is 112 Å². The average Bonchev–Trinajstić information content (AvgIpc) is 2.21. The Bertz CT molecular complexity index is 268. The van der Waals surface area contributed by atoms with Gasteiger partial charge in [-0.25, -0.2) is 9.59 Å². The standard InChI is InChI=1S/C10H18O8/c1-6(2)5-10(7(3)4,17-15-8(11)12)18-16-9(13)14/h6-7H,5H2,1-4H3,(H,11,12)(H,13,14). The third-order valence-electron chi connectivity index (χ3n) is 2.08. The van der Waals surface area contributed by atoms with Gasteiger partial charge in [-0.15, -0.1) is 9.78 Å². The van der Waals surface area contributed by atoms with Crippen molar-refractivity contribution in [2.24, 2.45) is 11.8 Å². The molecule has 0 aliphatic heterocycles. The molecular formula is C10H18O8. The van der Waals surface area contributed by atoms with Crippen molar-refractivity contribution in [2.75, 3.05) is 0 Å². The van der Waals surface area contributed by atoms with Gasteiger partial charge in [0.05, 0.1) is 0 Å². The molecule has 0 saturated carbocycles. The molecule has 18 heavy (non-hydrogen) atoms. The zero-order valence-corrected chi connectivity index (χ0v) is 10.7. The molecule has 106 valence electrons. The van der Waals surface area contributed by atoms with Crippen molar-refractivity contribution >= 4 is 12.3 Å². The number of carbonyl (C=O) groups is 2. The molecule has 0 rings (SSSR count). The highest BCUT2D eigenvalue weighted by Gasteiger charge is 2.43. The Kier molecular flexibility index (Phi) is 6.42. The molecule has 0 saturated heterocycles. The Labute approximate surface area is 104 Å². The summed E-state index contributed by atoms with van der Waals surface area (Å²) < 4.78 is 0. The van der Waals surface area contributed by atoms with Gasteiger partial charge in [-0.05, 0) is 5.92 Å². The van der Waals surface area contributed by atoms with Crippen LogP contribution in [0.4, 0.5) is 9.59 Å². The molecule has 0 aromatic carbocycles. The summed E-state index contributed by atoms with van der Waals surface area (Å²) in [5.74, 6) is -1.99.